The van der Waals surface area contributed by atoms with Gasteiger partial charge < -0.3 is 10.6 Å². The number of rotatable bonds is 5. The van der Waals surface area contributed by atoms with Gasteiger partial charge in [0.15, 0.2) is 0 Å². The lowest BCUT2D eigenvalue weighted by Gasteiger charge is -2.14. The van der Waals surface area contributed by atoms with Crippen LogP contribution < -0.4 is 10.6 Å². The van der Waals surface area contributed by atoms with Gasteiger partial charge in [-0.05, 0) is 40.5 Å². The number of hydrogen-bond donors (Lipinski definition) is 2. The Labute approximate surface area is 142 Å². The molecule has 3 heteroatoms. The van der Waals surface area contributed by atoms with Crippen LogP contribution in [-0.2, 0) is 4.79 Å². The van der Waals surface area contributed by atoms with Crippen molar-refractivity contribution < 1.29 is 4.79 Å². The molecule has 0 aliphatic rings. The van der Waals surface area contributed by atoms with Gasteiger partial charge in [0.25, 0.3) is 0 Å². The Hall–Kier alpha value is -2.81. The smallest absolute Gasteiger partial charge is 0.243 e. The van der Waals surface area contributed by atoms with Crippen LogP contribution in [0.15, 0.2) is 66.7 Å². The van der Waals surface area contributed by atoms with Gasteiger partial charge in [0.05, 0.1) is 6.54 Å². The average Bonchev–Trinajstić information content (AvgIpc) is 2.60. The van der Waals surface area contributed by atoms with Gasteiger partial charge in [-0.3, -0.25) is 4.79 Å². The lowest BCUT2D eigenvalue weighted by atomic mass is 10.0. The normalized spacial score (nSPS) is 10.8. The maximum atomic E-state index is 12.2. The van der Waals surface area contributed by atoms with E-state index in [1.807, 2.05) is 54.6 Å². The van der Waals surface area contributed by atoms with Crippen LogP contribution in [0.3, 0.4) is 0 Å². The second kappa shape index (κ2) is 7.18. The highest BCUT2D eigenvalue weighted by atomic mass is 16.1. The molecule has 0 atom stereocenters. The Balaban J connectivity index is 1.65. The zero-order chi connectivity index (χ0) is 16.9. The van der Waals surface area contributed by atoms with Crippen molar-refractivity contribution in [2.75, 3.05) is 17.2 Å². The van der Waals surface area contributed by atoms with E-state index in [2.05, 4.69) is 36.6 Å². The Morgan fingerprint density at radius 2 is 1.62 bits per heavy atom. The van der Waals surface area contributed by atoms with Crippen LogP contribution >= 0.6 is 0 Å². The third kappa shape index (κ3) is 3.74. The third-order valence-electron chi connectivity index (χ3n) is 4.06. The van der Waals surface area contributed by atoms with E-state index in [1.54, 1.807) is 0 Å². The molecule has 122 valence electrons. The average molecular weight is 318 g/mol. The largest absolute Gasteiger partial charge is 0.376 e. The van der Waals surface area contributed by atoms with Gasteiger partial charge in [-0.2, -0.15) is 0 Å². The van der Waals surface area contributed by atoms with E-state index in [-0.39, 0.29) is 12.5 Å². The molecule has 2 N–H and O–H groups in total. The summed E-state index contributed by atoms with van der Waals surface area (Å²) in [6.45, 7) is 4.54. The predicted octanol–water partition coefficient (Wildman–Crippen LogP) is 5.01. The number of carbonyl (C=O) groups is 1. The molecule has 0 saturated carbocycles. The van der Waals surface area contributed by atoms with Crippen molar-refractivity contribution in [2.45, 2.75) is 19.8 Å². The monoisotopic (exact) mass is 318 g/mol. The van der Waals surface area contributed by atoms with Gasteiger partial charge in [-0.15, -0.1) is 0 Å². The van der Waals surface area contributed by atoms with E-state index < -0.39 is 0 Å². The van der Waals surface area contributed by atoms with E-state index in [4.69, 9.17) is 0 Å². The topological polar surface area (TPSA) is 41.1 Å². The Morgan fingerprint density at radius 3 is 2.42 bits per heavy atom. The summed E-state index contributed by atoms with van der Waals surface area (Å²) in [7, 11) is 0. The highest BCUT2D eigenvalue weighted by Crippen LogP contribution is 2.23. The number of anilines is 2. The molecular weight excluding hydrogens is 296 g/mol. The number of nitrogens with one attached hydrogen (secondary N) is 2. The molecule has 0 radical (unpaired) electrons. The van der Waals surface area contributed by atoms with E-state index in [0.29, 0.717) is 5.92 Å². The fraction of sp³-hybridized carbons (Fsp3) is 0.190. The minimum absolute atomic E-state index is 0.0520. The summed E-state index contributed by atoms with van der Waals surface area (Å²) < 4.78 is 0. The maximum absolute atomic E-state index is 12.2. The number of para-hydroxylation sites is 1. The highest BCUT2D eigenvalue weighted by Gasteiger charge is 2.08. The highest BCUT2D eigenvalue weighted by molar-refractivity contribution is 5.96. The molecule has 1 amide bonds. The molecule has 3 nitrogen and oxygen atoms in total. The molecule has 3 rings (SSSR count). The lowest BCUT2D eigenvalue weighted by Crippen LogP contribution is -2.22. The van der Waals surface area contributed by atoms with Gasteiger partial charge in [0.1, 0.15) is 0 Å². The van der Waals surface area contributed by atoms with Crippen LogP contribution in [0.4, 0.5) is 11.4 Å². The molecule has 0 bridgehead atoms. The molecule has 0 aliphatic heterocycles. The summed E-state index contributed by atoms with van der Waals surface area (Å²) in [4.78, 5) is 12.2. The summed E-state index contributed by atoms with van der Waals surface area (Å²) >= 11 is 0. The van der Waals surface area contributed by atoms with Crippen LogP contribution in [0.25, 0.3) is 10.8 Å². The molecule has 0 saturated heterocycles. The molecule has 3 aromatic rings. The second-order valence-corrected chi connectivity index (χ2v) is 6.21. The van der Waals surface area contributed by atoms with E-state index >= 15 is 0 Å². The number of hydrogen-bond acceptors (Lipinski definition) is 2. The van der Waals surface area contributed by atoms with E-state index in [0.717, 1.165) is 16.8 Å². The zero-order valence-corrected chi connectivity index (χ0v) is 14.0. The summed E-state index contributed by atoms with van der Waals surface area (Å²) in [5.41, 5.74) is 3.05. The van der Waals surface area contributed by atoms with Crippen LogP contribution in [-0.4, -0.2) is 12.5 Å². The van der Waals surface area contributed by atoms with Crippen molar-refractivity contribution in [1.29, 1.82) is 0 Å². The minimum Gasteiger partial charge on any atom is -0.376 e. The summed E-state index contributed by atoms with van der Waals surface area (Å²) in [5.74, 6) is 0.362. The van der Waals surface area contributed by atoms with Crippen LogP contribution in [0.5, 0.6) is 0 Å². The van der Waals surface area contributed by atoms with Crippen LogP contribution in [0.1, 0.15) is 25.3 Å². The first-order valence-corrected chi connectivity index (χ1v) is 8.25. The summed E-state index contributed by atoms with van der Waals surface area (Å²) in [6, 6.07) is 22.2. The Morgan fingerprint density at radius 1 is 0.917 bits per heavy atom. The van der Waals surface area contributed by atoms with Crippen molar-refractivity contribution in [1.82, 2.24) is 0 Å². The fourth-order valence-electron chi connectivity index (χ4n) is 2.81. The van der Waals surface area contributed by atoms with Crippen molar-refractivity contribution in [3.63, 3.8) is 0 Å². The van der Waals surface area contributed by atoms with Crippen molar-refractivity contribution >= 4 is 28.1 Å². The molecule has 24 heavy (non-hydrogen) atoms. The lowest BCUT2D eigenvalue weighted by molar-refractivity contribution is -0.114. The number of benzene rings is 3. The SMILES string of the molecule is CC(C)c1ccccc1NCC(=O)Nc1ccc2ccccc2c1. The summed E-state index contributed by atoms with van der Waals surface area (Å²) in [6.07, 6.45) is 0. The standard InChI is InChI=1S/C21H22N2O/c1-15(2)19-9-5-6-10-20(19)22-14-21(24)23-18-12-11-16-7-3-4-8-17(16)13-18/h3-13,15,22H,14H2,1-2H3,(H,23,24). The number of fused-ring (bicyclic) bond motifs is 1. The number of amides is 1. The third-order valence-corrected chi connectivity index (χ3v) is 4.06. The molecule has 0 aliphatic carbocycles. The molecule has 0 heterocycles. The fourth-order valence-corrected chi connectivity index (χ4v) is 2.81. The van der Waals surface area contributed by atoms with Crippen LogP contribution in [0.2, 0.25) is 0 Å². The quantitative estimate of drug-likeness (QED) is 0.694. The minimum atomic E-state index is -0.0520. The Kier molecular flexibility index (Phi) is 4.80. The van der Waals surface area contributed by atoms with Gasteiger partial charge in [0, 0.05) is 11.4 Å². The number of carbonyl (C=O) groups excluding carboxylic acids is 1. The zero-order valence-electron chi connectivity index (χ0n) is 14.0. The van der Waals surface area contributed by atoms with Gasteiger partial charge in [-0.1, -0.05) is 62.4 Å². The first-order valence-electron chi connectivity index (χ1n) is 8.25. The predicted molar refractivity (Wildman–Crippen MR) is 102 cm³/mol. The first kappa shape index (κ1) is 16.1. The Bertz CT molecular complexity index is 855. The van der Waals surface area contributed by atoms with Gasteiger partial charge in [0.2, 0.25) is 5.91 Å². The molecule has 0 fully saturated rings. The van der Waals surface area contributed by atoms with Gasteiger partial charge >= 0.3 is 0 Å². The first-order chi connectivity index (χ1) is 11.6. The van der Waals surface area contributed by atoms with Crippen LogP contribution in [0, 0.1) is 0 Å². The van der Waals surface area contributed by atoms with E-state index in [1.165, 1.54) is 10.9 Å². The van der Waals surface area contributed by atoms with Crippen molar-refractivity contribution in [3.05, 3.63) is 72.3 Å². The van der Waals surface area contributed by atoms with Crippen molar-refractivity contribution in [2.24, 2.45) is 0 Å². The molecule has 0 spiro atoms. The molecule has 0 unspecified atom stereocenters. The molecule has 3 aromatic carbocycles. The van der Waals surface area contributed by atoms with E-state index in [9.17, 15) is 4.79 Å². The van der Waals surface area contributed by atoms with Crippen molar-refractivity contribution in [3.8, 4) is 0 Å². The second-order valence-electron chi connectivity index (χ2n) is 6.21. The summed E-state index contributed by atoms with van der Waals surface area (Å²) in [5, 5.41) is 8.48. The maximum Gasteiger partial charge on any atom is 0.243 e. The van der Waals surface area contributed by atoms with Gasteiger partial charge in [-0.25, -0.2) is 0 Å². The molecule has 0 aromatic heterocycles. The molecular formula is C21H22N2O.